The molecule has 0 saturated heterocycles. The monoisotopic (exact) mass is 890 g/mol. The molecule has 322 valence electrons. The molecule has 0 unspecified atom stereocenters. The summed E-state index contributed by atoms with van der Waals surface area (Å²) < 4.78 is 0. The molecule has 9 rings (SSSR count). The van der Waals surface area contributed by atoms with E-state index in [1.165, 1.54) is 233 Å². The van der Waals surface area contributed by atoms with Crippen LogP contribution in [0.3, 0.4) is 0 Å². The third kappa shape index (κ3) is 9.33. The molecule has 4 heterocycles. The standard InChI is InChI=1S/C58H66S4/c1-5-9-13-17-21-41-25-29-53(59-41)39-33-47-45(55-31-27-43(61-55)23-19-15-11-7-3)37-52-50-36-40(54-30-26-42(60-54)22-18-14-10-6-2)34-48-46(38-51(58(48)50)49(35-39)57(47)52)56-32-28-44(62-56)24-20-16-12-8-4/h25-38H,5-24H2,1-4H3. The molecular weight excluding hydrogens is 825 g/mol. The summed E-state index contributed by atoms with van der Waals surface area (Å²) in [6.07, 6.45) is 25.7. The highest BCUT2D eigenvalue weighted by Crippen LogP contribution is 2.52. The van der Waals surface area contributed by atoms with Crippen molar-refractivity contribution in [3.05, 3.63) is 104 Å². The van der Waals surface area contributed by atoms with Gasteiger partial charge in [0.1, 0.15) is 0 Å². The van der Waals surface area contributed by atoms with Crippen LogP contribution in [0.5, 0.6) is 0 Å². The Labute approximate surface area is 388 Å². The summed E-state index contributed by atoms with van der Waals surface area (Å²) >= 11 is 8.11. The molecule has 0 N–H and O–H groups in total. The summed E-state index contributed by atoms with van der Waals surface area (Å²) in [5, 5.41) is 11.4. The van der Waals surface area contributed by atoms with Gasteiger partial charge < -0.3 is 0 Å². The lowest BCUT2D eigenvalue weighted by molar-refractivity contribution is 0.670. The molecule has 0 aliphatic carbocycles. The van der Waals surface area contributed by atoms with Crippen molar-refractivity contribution in [1.29, 1.82) is 0 Å². The molecule has 62 heavy (non-hydrogen) atoms. The minimum Gasteiger partial charge on any atom is -0.140 e. The van der Waals surface area contributed by atoms with Gasteiger partial charge in [0, 0.05) is 50.1 Å². The van der Waals surface area contributed by atoms with Crippen molar-refractivity contribution >= 4 is 88.4 Å². The second-order valence-electron chi connectivity index (χ2n) is 18.1. The van der Waals surface area contributed by atoms with Crippen LogP contribution in [-0.2, 0) is 25.7 Å². The second-order valence-corrected chi connectivity index (χ2v) is 22.8. The van der Waals surface area contributed by atoms with E-state index in [9.17, 15) is 0 Å². The Morgan fingerprint density at radius 3 is 0.919 bits per heavy atom. The van der Waals surface area contributed by atoms with Crippen LogP contribution in [0.15, 0.2) is 84.9 Å². The van der Waals surface area contributed by atoms with Gasteiger partial charge in [-0.15, -0.1) is 45.3 Å². The van der Waals surface area contributed by atoms with Gasteiger partial charge in [-0.1, -0.05) is 105 Å². The van der Waals surface area contributed by atoms with Crippen LogP contribution >= 0.6 is 45.3 Å². The summed E-state index contributed by atoms with van der Waals surface area (Å²) in [6.45, 7) is 9.24. The lowest BCUT2D eigenvalue weighted by atomic mass is 9.93. The summed E-state index contributed by atoms with van der Waals surface area (Å²) in [5.74, 6) is 0. The fraction of sp³-hybridized carbons (Fsp3) is 0.414. The van der Waals surface area contributed by atoms with Gasteiger partial charge in [-0.25, -0.2) is 0 Å². The van der Waals surface area contributed by atoms with Gasteiger partial charge in [0.2, 0.25) is 0 Å². The Balaban J connectivity index is 1.22. The smallest absolute Gasteiger partial charge is 0.0352 e. The summed E-state index contributed by atoms with van der Waals surface area (Å²) in [6, 6.07) is 34.8. The number of unbranched alkanes of at least 4 members (excludes halogenated alkanes) is 12. The molecule has 0 amide bonds. The normalized spacial score (nSPS) is 12.2. The van der Waals surface area contributed by atoms with E-state index >= 15 is 0 Å². The van der Waals surface area contributed by atoms with Crippen LogP contribution in [0.1, 0.15) is 150 Å². The minimum absolute atomic E-state index is 1.19. The Morgan fingerprint density at radius 2 is 0.581 bits per heavy atom. The van der Waals surface area contributed by atoms with Gasteiger partial charge in [-0.2, -0.15) is 0 Å². The summed E-state index contributed by atoms with van der Waals surface area (Å²) in [7, 11) is 0. The lowest BCUT2D eigenvalue weighted by Crippen LogP contribution is -1.83. The first kappa shape index (κ1) is 43.7. The Kier molecular flexibility index (Phi) is 14.5. The zero-order valence-electron chi connectivity index (χ0n) is 37.9. The number of hydrogen-bond donors (Lipinski definition) is 0. The first-order valence-electron chi connectivity index (χ1n) is 24.5. The Morgan fingerprint density at radius 1 is 0.290 bits per heavy atom. The van der Waals surface area contributed by atoms with E-state index < -0.39 is 0 Å². The summed E-state index contributed by atoms with van der Waals surface area (Å²) in [5.41, 5.74) is 5.58. The highest BCUT2D eigenvalue weighted by molar-refractivity contribution is 7.16. The number of thiophene rings is 4. The molecule has 0 nitrogen and oxygen atoms in total. The molecule has 9 aromatic rings. The van der Waals surface area contributed by atoms with Crippen molar-refractivity contribution in [2.24, 2.45) is 0 Å². The number of fused-ring (bicyclic) bond motifs is 2. The average Bonchev–Trinajstić information content (AvgIpc) is 4.15. The Bertz CT molecular complexity index is 2620. The van der Waals surface area contributed by atoms with E-state index in [4.69, 9.17) is 0 Å². The molecule has 0 saturated carbocycles. The third-order valence-corrected chi connectivity index (χ3v) is 18.2. The number of benzene rings is 3. The highest BCUT2D eigenvalue weighted by Gasteiger charge is 2.24. The van der Waals surface area contributed by atoms with Crippen LogP contribution < -0.4 is 0 Å². The number of rotatable bonds is 24. The van der Waals surface area contributed by atoms with E-state index in [2.05, 4.69) is 113 Å². The van der Waals surface area contributed by atoms with E-state index in [1.807, 2.05) is 45.3 Å². The van der Waals surface area contributed by atoms with Crippen LogP contribution in [0.4, 0.5) is 0 Å². The lowest BCUT2D eigenvalue weighted by Gasteiger charge is -2.11. The summed E-state index contributed by atoms with van der Waals surface area (Å²) in [4.78, 5) is 11.8. The molecule has 4 heteroatoms. The van der Waals surface area contributed by atoms with Crippen molar-refractivity contribution in [2.45, 2.75) is 156 Å². The quantitative estimate of drug-likeness (QED) is 0.0419. The first-order valence-corrected chi connectivity index (χ1v) is 27.7. The maximum atomic E-state index is 2.60. The molecule has 0 aliphatic rings. The molecule has 0 atom stereocenters. The predicted molar refractivity (Wildman–Crippen MR) is 283 cm³/mol. The zero-order valence-corrected chi connectivity index (χ0v) is 41.1. The van der Waals surface area contributed by atoms with E-state index in [-0.39, 0.29) is 0 Å². The molecule has 0 spiro atoms. The van der Waals surface area contributed by atoms with Crippen LogP contribution in [0.25, 0.3) is 84.9 Å². The van der Waals surface area contributed by atoms with Crippen LogP contribution in [-0.4, -0.2) is 0 Å². The minimum atomic E-state index is 1.19. The molecule has 5 aromatic carbocycles. The van der Waals surface area contributed by atoms with Crippen molar-refractivity contribution < 1.29 is 0 Å². The highest BCUT2D eigenvalue weighted by atomic mass is 32.1. The van der Waals surface area contributed by atoms with E-state index in [0.29, 0.717) is 0 Å². The third-order valence-electron chi connectivity index (χ3n) is 13.4. The van der Waals surface area contributed by atoms with Crippen molar-refractivity contribution in [3.8, 4) is 41.8 Å². The fourth-order valence-corrected chi connectivity index (χ4v) is 14.2. The molecule has 0 fully saturated rings. The number of hydrogen-bond acceptors (Lipinski definition) is 4. The zero-order chi connectivity index (χ0) is 42.4. The van der Waals surface area contributed by atoms with Crippen molar-refractivity contribution in [1.82, 2.24) is 0 Å². The van der Waals surface area contributed by atoms with Crippen LogP contribution in [0, 0.1) is 0 Å². The van der Waals surface area contributed by atoms with Crippen LogP contribution in [0.2, 0.25) is 0 Å². The largest absolute Gasteiger partial charge is 0.140 e. The topological polar surface area (TPSA) is 0 Å². The molecule has 0 aliphatic heterocycles. The van der Waals surface area contributed by atoms with Gasteiger partial charge in [-0.05, 0) is 191 Å². The number of aryl methyl sites for hydroxylation is 4. The maximum Gasteiger partial charge on any atom is 0.0352 e. The van der Waals surface area contributed by atoms with Gasteiger partial charge in [0.05, 0.1) is 0 Å². The van der Waals surface area contributed by atoms with E-state index in [0.717, 1.165) is 0 Å². The van der Waals surface area contributed by atoms with Gasteiger partial charge in [-0.3, -0.25) is 0 Å². The van der Waals surface area contributed by atoms with Crippen molar-refractivity contribution in [2.75, 3.05) is 0 Å². The first-order chi connectivity index (χ1) is 30.6. The van der Waals surface area contributed by atoms with Gasteiger partial charge in [0.15, 0.2) is 0 Å². The predicted octanol–water partition coefficient (Wildman–Crippen LogP) is 20.6. The molecule has 0 radical (unpaired) electrons. The molecule has 4 aromatic heterocycles. The van der Waals surface area contributed by atoms with Gasteiger partial charge >= 0.3 is 0 Å². The maximum absolute atomic E-state index is 2.60. The second kappa shape index (κ2) is 20.5. The molecule has 0 bridgehead atoms. The molecular formula is C58H66S4. The van der Waals surface area contributed by atoms with E-state index in [1.54, 1.807) is 0 Å². The Hall–Kier alpha value is -3.54. The van der Waals surface area contributed by atoms with Crippen molar-refractivity contribution in [3.63, 3.8) is 0 Å². The van der Waals surface area contributed by atoms with Gasteiger partial charge in [0.25, 0.3) is 0 Å². The SMILES string of the molecule is CCCCCCc1ccc(-c2cc3c(-c4ccc(CCCCCC)s4)cc4c5cc(-c6ccc(CCCCCC)s6)cc6c(-c7ccc(CCCCCC)s7)cc(c(c2)c34)c65)s1. The average molecular weight is 891 g/mol. The fourth-order valence-electron chi connectivity index (χ4n) is 9.97.